The molecule has 19 heavy (non-hydrogen) atoms. The summed E-state index contributed by atoms with van der Waals surface area (Å²) in [4.78, 5) is 4.30. The smallest absolute Gasteiger partial charge is 0.248 e. The molecule has 0 bridgehead atoms. The third-order valence-corrected chi connectivity index (χ3v) is 4.19. The third-order valence-electron chi connectivity index (χ3n) is 4.19. The number of halogens is 2. The molecule has 0 spiro atoms. The van der Waals surface area contributed by atoms with Crippen LogP contribution in [0.25, 0.3) is 5.65 Å². The average Bonchev–Trinajstić information content (AvgIpc) is 2.87. The van der Waals surface area contributed by atoms with Gasteiger partial charge in [0, 0.05) is 43.3 Å². The van der Waals surface area contributed by atoms with Crippen LogP contribution in [0, 0.1) is 0 Å². The second-order valence-corrected chi connectivity index (χ2v) is 5.32. The molecule has 0 radical (unpaired) electrons. The Kier molecular flexibility index (Phi) is 2.78. The lowest BCUT2D eigenvalue weighted by Gasteiger charge is -2.39. The standard InChI is InChI=1S/C13H16F2N4/c14-13(15)4-2-12(9-16,3-5-13)10-7-17-11-1-6-18-19(11)8-10/h1,6-8H,2-5,9,16H2. The molecule has 0 atom stereocenters. The van der Waals surface area contributed by atoms with E-state index in [-0.39, 0.29) is 12.8 Å². The first-order valence-corrected chi connectivity index (χ1v) is 6.43. The zero-order chi connectivity index (χ0) is 13.5. The number of aromatic nitrogens is 3. The van der Waals surface area contributed by atoms with Gasteiger partial charge >= 0.3 is 0 Å². The van der Waals surface area contributed by atoms with Crippen molar-refractivity contribution in [2.24, 2.45) is 5.73 Å². The third kappa shape index (κ3) is 2.10. The summed E-state index contributed by atoms with van der Waals surface area (Å²) in [7, 11) is 0. The number of nitrogens with two attached hydrogens (primary N) is 1. The van der Waals surface area contributed by atoms with E-state index in [9.17, 15) is 8.78 Å². The molecule has 0 aliphatic heterocycles. The van der Waals surface area contributed by atoms with Crippen molar-refractivity contribution in [3.8, 4) is 0 Å². The summed E-state index contributed by atoms with van der Waals surface area (Å²) in [6, 6.07) is 1.80. The van der Waals surface area contributed by atoms with Gasteiger partial charge in [0.25, 0.3) is 0 Å². The Labute approximate surface area is 109 Å². The predicted octanol–water partition coefficient (Wildman–Crippen LogP) is 2.14. The van der Waals surface area contributed by atoms with Crippen molar-refractivity contribution in [2.45, 2.75) is 37.0 Å². The molecule has 1 aliphatic carbocycles. The van der Waals surface area contributed by atoms with E-state index < -0.39 is 11.3 Å². The average molecular weight is 266 g/mol. The Balaban J connectivity index is 1.97. The first-order chi connectivity index (χ1) is 9.05. The maximum Gasteiger partial charge on any atom is 0.248 e. The van der Waals surface area contributed by atoms with Crippen molar-refractivity contribution >= 4 is 5.65 Å². The Bertz CT molecular complexity index is 583. The van der Waals surface area contributed by atoms with Gasteiger partial charge in [-0.1, -0.05) is 0 Å². The van der Waals surface area contributed by atoms with E-state index in [1.54, 1.807) is 23.0 Å². The van der Waals surface area contributed by atoms with Crippen LogP contribution in [0.5, 0.6) is 0 Å². The summed E-state index contributed by atoms with van der Waals surface area (Å²) in [5, 5.41) is 4.13. The lowest BCUT2D eigenvalue weighted by atomic mass is 9.69. The van der Waals surface area contributed by atoms with Gasteiger partial charge in [-0.3, -0.25) is 0 Å². The summed E-state index contributed by atoms with van der Waals surface area (Å²) in [5.74, 6) is -2.55. The van der Waals surface area contributed by atoms with Gasteiger partial charge < -0.3 is 5.73 Å². The van der Waals surface area contributed by atoms with E-state index >= 15 is 0 Å². The van der Waals surface area contributed by atoms with E-state index in [2.05, 4.69) is 10.1 Å². The molecule has 2 N–H and O–H groups in total. The quantitative estimate of drug-likeness (QED) is 0.906. The van der Waals surface area contributed by atoms with Crippen LogP contribution < -0.4 is 5.73 Å². The molecule has 1 saturated carbocycles. The highest BCUT2D eigenvalue weighted by molar-refractivity contribution is 5.37. The summed E-state index contributed by atoms with van der Waals surface area (Å²) < 4.78 is 28.3. The second kappa shape index (κ2) is 4.23. The van der Waals surface area contributed by atoms with Crippen LogP contribution in [0.15, 0.2) is 24.7 Å². The van der Waals surface area contributed by atoms with Gasteiger partial charge in [0.05, 0.1) is 6.20 Å². The molecule has 1 aliphatic rings. The highest BCUT2D eigenvalue weighted by Crippen LogP contribution is 2.44. The van der Waals surface area contributed by atoms with E-state index in [1.807, 2.05) is 6.20 Å². The molecule has 0 unspecified atom stereocenters. The normalized spacial score (nSPS) is 21.6. The molecule has 0 aromatic carbocycles. The van der Waals surface area contributed by atoms with Crippen LogP contribution in [0.2, 0.25) is 0 Å². The minimum absolute atomic E-state index is 0.110. The van der Waals surface area contributed by atoms with Crippen LogP contribution in [0.4, 0.5) is 8.78 Å². The highest BCUT2D eigenvalue weighted by atomic mass is 19.3. The number of fused-ring (bicyclic) bond motifs is 1. The maximum atomic E-state index is 13.3. The van der Waals surface area contributed by atoms with E-state index in [0.717, 1.165) is 11.2 Å². The number of hydrogen-bond acceptors (Lipinski definition) is 3. The van der Waals surface area contributed by atoms with Crippen molar-refractivity contribution < 1.29 is 8.78 Å². The van der Waals surface area contributed by atoms with Crippen LogP contribution in [-0.4, -0.2) is 27.1 Å². The van der Waals surface area contributed by atoms with Gasteiger partial charge in [-0.05, 0) is 18.4 Å². The van der Waals surface area contributed by atoms with E-state index in [0.29, 0.717) is 19.4 Å². The van der Waals surface area contributed by atoms with Gasteiger partial charge in [-0.15, -0.1) is 0 Å². The van der Waals surface area contributed by atoms with E-state index in [4.69, 9.17) is 5.73 Å². The molecule has 2 heterocycles. The number of nitrogens with zero attached hydrogens (tertiary/aromatic N) is 3. The molecule has 3 rings (SSSR count). The fourth-order valence-corrected chi connectivity index (χ4v) is 2.79. The molecule has 1 fully saturated rings. The number of alkyl halides is 2. The van der Waals surface area contributed by atoms with Crippen LogP contribution in [-0.2, 0) is 5.41 Å². The van der Waals surface area contributed by atoms with Crippen LogP contribution >= 0.6 is 0 Å². The van der Waals surface area contributed by atoms with Crippen molar-refractivity contribution in [1.29, 1.82) is 0 Å². The second-order valence-electron chi connectivity index (χ2n) is 5.32. The fourth-order valence-electron chi connectivity index (χ4n) is 2.79. The van der Waals surface area contributed by atoms with Crippen LogP contribution in [0.1, 0.15) is 31.2 Å². The number of rotatable bonds is 2. The zero-order valence-corrected chi connectivity index (χ0v) is 10.5. The minimum atomic E-state index is -2.55. The van der Waals surface area contributed by atoms with Gasteiger partial charge in [0.15, 0.2) is 5.65 Å². The van der Waals surface area contributed by atoms with Gasteiger partial charge in [-0.25, -0.2) is 18.3 Å². The first kappa shape index (κ1) is 12.5. The monoisotopic (exact) mass is 266 g/mol. The molecule has 102 valence electrons. The van der Waals surface area contributed by atoms with Gasteiger partial charge in [0.1, 0.15) is 0 Å². The van der Waals surface area contributed by atoms with Gasteiger partial charge in [-0.2, -0.15) is 5.10 Å². The molecule has 0 saturated heterocycles. The Hall–Kier alpha value is -1.56. The Morgan fingerprint density at radius 1 is 1.26 bits per heavy atom. The molecule has 0 amide bonds. The Morgan fingerprint density at radius 3 is 2.68 bits per heavy atom. The van der Waals surface area contributed by atoms with Gasteiger partial charge in [0.2, 0.25) is 5.92 Å². The summed E-state index contributed by atoms with van der Waals surface area (Å²) in [5.41, 5.74) is 7.13. The lowest BCUT2D eigenvalue weighted by molar-refractivity contribution is -0.0510. The summed E-state index contributed by atoms with van der Waals surface area (Å²) in [6.45, 7) is 0.359. The molecule has 2 aromatic rings. The van der Waals surface area contributed by atoms with Crippen molar-refractivity contribution in [3.05, 3.63) is 30.2 Å². The fraction of sp³-hybridized carbons (Fsp3) is 0.538. The highest BCUT2D eigenvalue weighted by Gasteiger charge is 2.43. The summed E-state index contributed by atoms with van der Waals surface area (Å²) >= 11 is 0. The van der Waals surface area contributed by atoms with Crippen molar-refractivity contribution in [1.82, 2.24) is 14.6 Å². The molecule has 4 nitrogen and oxygen atoms in total. The minimum Gasteiger partial charge on any atom is -0.330 e. The molecular weight excluding hydrogens is 250 g/mol. The van der Waals surface area contributed by atoms with E-state index in [1.165, 1.54) is 0 Å². The number of hydrogen-bond donors (Lipinski definition) is 1. The first-order valence-electron chi connectivity index (χ1n) is 6.43. The van der Waals surface area contributed by atoms with Crippen molar-refractivity contribution in [3.63, 3.8) is 0 Å². The largest absolute Gasteiger partial charge is 0.330 e. The topological polar surface area (TPSA) is 56.2 Å². The van der Waals surface area contributed by atoms with Crippen molar-refractivity contribution in [2.75, 3.05) is 6.54 Å². The Morgan fingerprint density at radius 2 is 2.00 bits per heavy atom. The van der Waals surface area contributed by atoms with Crippen LogP contribution in [0.3, 0.4) is 0 Å². The molecule has 6 heteroatoms. The molecular formula is C13H16F2N4. The zero-order valence-electron chi connectivity index (χ0n) is 10.5. The SMILES string of the molecule is NCC1(c2cnc3ccnn3c2)CCC(F)(F)CC1. The molecule has 2 aromatic heterocycles. The predicted molar refractivity (Wildman–Crippen MR) is 67.1 cm³/mol. The maximum absolute atomic E-state index is 13.3. The lowest BCUT2D eigenvalue weighted by Crippen LogP contribution is -2.42. The summed E-state index contributed by atoms with van der Waals surface area (Å²) in [6.07, 6.45) is 5.83.